The van der Waals surface area contributed by atoms with Crippen LogP contribution in [-0.2, 0) is 11.0 Å². The zero-order valence-corrected chi connectivity index (χ0v) is 17.9. The molecule has 1 fully saturated rings. The summed E-state index contributed by atoms with van der Waals surface area (Å²) in [7, 11) is -1.84. The van der Waals surface area contributed by atoms with E-state index in [9.17, 15) is 4.79 Å². The molecule has 2 N–H and O–H groups in total. The van der Waals surface area contributed by atoms with Crippen LogP contribution >= 0.6 is 0 Å². The molecule has 2 heterocycles. The summed E-state index contributed by atoms with van der Waals surface area (Å²) in [5.41, 5.74) is 6.74. The SMILES string of the molecule is CC(C)(C)[Si](C)(C)OCc1cccnc1NNC(=O)N1CCCCCC1. The average molecular weight is 379 g/mol. The maximum atomic E-state index is 12.4. The van der Waals surface area contributed by atoms with Crippen LogP contribution in [0.1, 0.15) is 52.0 Å². The quantitative estimate of drug-likeness (QED) is 0.584. The van der Waals surface area contributed by atoms with Crippen LogP contribution in [0, 0.1) is 0 Å². The number of carbonyl (C=O) groups is 1. The third-order valence-corrected chi connectivity index (χ3v) is 9.95. The summed E-state index contributed by atoms with van der Waals surface area (Å²) in [5.74, 6) is 0.648. The van der Waals surface area contributed by atoms with Gasteiger partial charge in [-0.1, -0.05) is 39.7 Å². The number of urea groups is 1. The van der Waals surface area contributed by atoms with Crippen molar-refractivity contribution in [1.29, 1.82) is 0 Å². The molecule has 1 aliphatic rings. The van der Waals surface area contributed by atoms with E-state index in [0.717, 1.165) is 31.5 Å². The van der Waals surface area contributed by atoms with E-state index in [0.29, 0.717) is 12.4 Å². The third-order valence-electron chi connectivity index (χ3n) is 5.47. The van der Waals surface area contributed by atoms with Crippen LogP contribution in [0.4, 0.5) is 10.6 Å². The van der Waals surface area contributed by atoms with Crippen LogP contribution in [0.3, 0.4) is 0 Å². The highest BCUT2D eigenvalue weighted by molar-refractivity contribution is 6.74. The van der Waals surface area contributed by atoms with E-state index in [2.05, 4.69) is 49.7 Å². The minimum Gasteiger partial charge on any atom is -0.412 e. The fraction of sp³-hybridized carbons (Fsp3) is 0.684. The van der Waals surface area contributed by atoms with Gasteiger partial charge in [-0.3, -0.25) is 10.9 Å². The lowest BCUT2D eigenvalue weighted by atomic mass is 10.2. The van der Waals surface area contributed by atoms with E-state index in [1.54, 1.807) is 6.20 Å². The van der Waals surface area contributed by atoms with Crippen molar-refractivity contribution in [3.8, 4) is 0 Å². The number of hydrogen-bond acceptors (Lipinski definition) is 4. The van der Waals surface area contributed by atoms with E-state index in [1.165, 1.54) is 12.8 Å². The predicted octanol–water partition coefficient (Wildman–Crippen LogP) is 4.52. The lowest BCUT2D eigenvalue weighted by Gasteiger charge is -2.36. The molecule has 0 saturated carbocycles. The number of hydrazine groups is 1. The summed E-state index contributed by atoms with van der Waals surface area (Å²) < 4.78 is 6.30. The van der Waals surface area contributed by atoms with Crippen molar-refractivity contribution in [3.05, 3.63) is 23.9 Å². The van der Waals surface area contributed by atoms with E-state index in [4.69, 9.17) is 4.43 Å². The van der Waals surface area contributed by atoms with E-state index in [1.807, 2.05) is 17.0 Å². The molecule has 0 unspecified atom stereocenters. The number of likely N-dealkylation sites (tertiary alicyclic amines) is 1. The van der Waals surface area contributed by atoms with Gasteiger partial charge in [0.05, 0.1) is 6.61 Å². The summed E-state index contributed by atoms with van der Waals surface area (Å²) in [6.07, 6.45) is 6.26. The zero-order chi connectivity index (χ0) is 19.2. The molecule has 1 aromatic heterocycles. The number of carbonyl (C=O) groups excluding carboxylic acids is 1. The largest absolute Gasteiger partial charge is 0.412 e. The maximum absolute atomic E-state index is 12.4. The molecule has 0 aliphatic carbocycles. The first-order valence-electron chi connectivity index (χ1n) is 9.59. The molecule has 2 amide bonds. The topological polar surface area (TPSA) is 66.5 Å². The molecule has 0 atom stereocenters. The van der Waals surface area contributed by atoms with Gasteiger partial charge < -0.3 is 9.33 Å². The first-order chi connectivity index (χ1) is 12.2. The second-order valence-electron chi connectivity index (χ2n) is 8.52. The Labute approximate surface area is 158 Å². The Balaban J connectivity index is 1.95. The van der Waals surface area contributed by atoms with E-state index in [-0.39, 0.29) is 11.1 Å². The third kappa shape index (κ3) is 5.70. The number of aromatic nitrogens is 1. The number of rotatable bonds is 5. The van der Waals surface area contributed by atoms with Crippen molar-refractivity contribution in [2.75, 3.05) is 18.5 Å². The summed E-state index contributed by atoms with van der Waals surface area (Å²) in [6.45, 7) is 13.3. The molecule has 1 aliphatic heterocycles. The molecule has 1 saturated heterocycles. The number of nitrogens with one attached hydrogen (secondary N) is 2. The minimum absolute atomic E-state index is 0.0891. The van der Waals surface area contributed by atoms with Gasteiger partial charge in [0.25, 0.3) is 0 Å². The molecule has 1 aromatic rings. The fourth-order valence-electron chi connectivity index (χ4n) is 2.61. The Morgan fingerprint density at radius 3 is 2.50 bits per heavy atom. The first kappa shape index (κ1) is 20.7. The van der Waals surface area contributed by atoms with Crippen molar-refractivity contribution in [2.24, 2.45) is 0 Å². The molecule has 146 valence electrons. The Morgan fingerprint density at radius 2 is 1.88 bits per heavy atom. The van der Waals surface area contributed by atoms with Gasteiger partial charge >= 0.3 is 6.03 Å². The summed E-state index contributed by atoms with van der Waals surface area (Å²) in [4.78, 5) is 18.6. The number of anilines is 1. The highest BCUT2D eigenvalue weighted by atomic mass is 28.4. The van der Waals surface area contributed by atoms with Gasteiger partial charge in [-0.05, 0) is 37.0 Å². The Hall–Kier alpha value is -1.60. The average Bonchev–Trinajstić information content (AvgIpc) is 2.87. The monoisotopic (exact) mass is 378 g/mol. The molecule has 6 nitrogen and oxygen atoms in total. The van der Waals surface area contributed by atoms with Crippen molar-refractivity contribution in [1.82, 2.24) is 15.3 Å². The molecular formula is C19H34N4O2Si. The number of amides is 2. The number of nitrogens with zero attached hydrogens (tertiary/aromatic N) is 2. The second-order valence-corrected chi connectivity index (χ2v) is 13.3. The minimum atomic E-state index is -1.84. The Bertz CT molecular complexity index is 593. The predicted molar refractivity (Wildman–Crippen MR) is 108 cm³/mol. The van der Waals surface area contributed by atoms with Crippen LogP contribution in [-0.4, -0.2) is 37.3 Å². The van der Waals surface area contributed by atoms with E-state index < -0.39 is 8.32 Å². The second kappa shape index (κ2) is 8.86. The highest BCUT2D eigenvalue weighted by Crippen LogP contribution is 2.37. The van der Waals surface area contributed by atoms with Gasteiger partial charge in [0.2, 0.25) is 0 Å². The lowest BCUT2D eigenvalue weighted by molar-refractivity contribution is 0.202. The van der Waals surface area contributed by atoms with Crippen molar-refractivity contribution in [2.45, 2.75) is 71.2 Å². The number of hydrogen-bond donors (Lipinski definition) is 2. The summed E-state index contributed by atoms with van der Waals surface area (Å²) >= 11 is 0. The van der Waals surface area contributed by atoms with Crippen LogP contribution in [0.25, 0.3) is 0 Å². The van der Waals surface area contributed by atoms with Gasteiger partial charge in [-0.2, -0.15) is 0 Å². The fourth-order valence-corrected chi connectivity index (χ4v) is 3.56. The summed E-state index contributed by atoms with van der Waals surface area (Å²) in [5, 5.41) is 0.157. The number of pyridine rings is 1. The van der Waals surface area contributed by atoms with Gasteiger partial charge in [0.1, 0.15) is 5.82 Å². The maximum Gasteiger partial charge on any atom is 0.336 e. The Kier molecular flexibility index (Phi) is 7.06. The molecule has 7 heteroatoms. The van der Waals surface area contributed by atoms with Crippen molar-refractivity contribution < 1.29 is 9.22 Å². The first-order valence-corrected chi connectivity index (χ1v) is 12.5. The molecule has 0 radical (unpaired) electrons. The normalized spacial score (nSPS) is 16.1. The Morgan fingerprint density at radius 1 is 1.23 bits per heavy atom. The van der Waals surface area contributed by atoms with Crippen LogP contribution < -0.4 is 10.9 Å². The highest BCUT2D eigenvalue weighted by Gasteiger charge is 2.37. The standard InChI is InChI=1S/C19H34N4O2Si/c1-19(2,3)26(4,5)25-15-16-11-10-12-20-17(16)21-22-18(24)23-13-8-6-7-9-14-23/h10-12H,6-9,13-15H2,1-5H3,(H,20,21)(H,22,24). The van der Waals surface area contributed by atoms with Crippen molar-refractivity contribution >= 4 is 20.2 Å². The van der Waals surface area contributed by atoms with Crippen molar-refractivity contribution in [3.63, 3.8) is 0 Å². The molecule has 26 heavy (non-hydrogen) atoms. The van der Waals surface area contributed by atoms with Crippen LogP contribution in [0.5, 0.6) is 0 Å². The molecule has 0 spiro atoms. The molecule has 2 rings (SSSR count). The van der Waals surface area contributed by atoms with Crippen LogP contribution in [0.15, 0.2) is 18.3 Å². The summed E-state index contributed by atoms with van der Waals surface area (Å²) in [6, 6.07) is 3.79. The van der Waals surface area contributed by atoms with E-state index >= 15 is 0 Å². The smallest absolute Gasteiger partial charge is 0.336 e. The zero-order valence-electron chi connectivity index (χ0n) is 16.9. The van der Waals surface area contributed by atoms with Gasteiger partial charge in [0.15, 0.2) is 8.32 Å². The van der Waals surface area contributed by atoms with Gasteiger partial charge in [0, 0.05) is 24.8 Å². The molecular weight excluding hydrogens is 344 g/mol. The van der Waals surface area contributed by atoms with Gasteiger partial charge in [-0.25, -0.2) is 9.78 Å². The lowest BCUT2D eigenvalue weighted by Crippen LogP contribution is -2.43. The van der Waals surface area contributed by atoms with Crippen LogP contribution in [0.2, 0.25) is 18.1 Å². The van der Waals surface area contributed by atoms with Gasteiger partial charge in [-0.15, -0.1) is 0 Å². The molecule has 0 bridgehead atoms. The molecule has 0 aromatic carbocycles.